The first-order valence-corrected chi connectivity index (χ1v) is 95.6. The summed E-state index contributed by atoms with van der Waals surface area (Å²) in [6.07, 6.45) is 3.99. The maximum Gasteiger partial charge on any atom is 0.112 e. The molecule has 13 aromatic carbocycles. The molecule has 0 fully saturated rings. The molecule has 0 spiro atoms. The lowest BCUT2D eigenvalue weighted by molar-refractivity contribution is 1.03. The second-order valence-corrected chi connectivity index (χ2v) is 114. The van der Waals surface area contributed by atoms with Crippen LogP contribution in [0, 0.1) is 0 Å². The minimum absolute atomic E-state index is 0.945. The Balaban J connectivity index is 0.000000200. The van der Waals surface area contributed by atoms with Crippen molar-refractivity contribution in [3.63, 3.8) is 0 Å². The van der Waals surface area contributed by atoms with Gasteiger partial charge in [-0.2, -0.15) is 0 Å². The fraction of sp³-hybridized carbons (Fsp3) is 0.355. The molecular formula is C121H178Si14. The molecule has 0 aliphatic heterocycles. The lowest BCUT2D eigenvalue weighted by atomic mass is 10.3. The third-order valence-corrected chi connectivity index (χ3v) is 77.6. The van der Waals surface area contributed by atoms with E-state index in [9.17, 15) is 0 Å². The van der Waals surface area contributed by atoms with Crippen molar-refractivity contribution in [1.29, 1.82) is 0 Å². The van der Waals surface area contributed by atoms with Crippen molar-refractivity contribution < 1.29 is 0 Å². The average Bonchev–Trinajstić information content (AvgIpc) is 0.760. The predicted octanol–water partition coefficient (Wildman–Crippen LogP) is 24.4. The fourth-order valence-corrected chi connectivity index (χ4v) is 59.4. The van der Waals surface area contributed by atoms with Gasteiger partial charge < -0.3 is 0 Å². The molecule has 718 valence electrons. The highest BCUT2D eigenvalue weighted by Gasteiger charge is 2.39. The van der Waals surface area contributed by atoms with E-state index in [1.807, 2.05) is 0 Å². The molecule has 0 amide bonds. The topological polar surface area (TPSA) is 0 Å². The van der Waals surface area contributed by atoms with Gasteiger partial charge in [-0.3, -0.25) is 0 Å². The minimum Gasteiger partial charge on any atom is -0.0694 e. The highest BCUT2D eigenvalue weighted by molar-refractivity contribution is 7.09. The van der Waals surface area contributed by atoms with Crippen LogP contribution < -0.4 is 98.5 Å². The van der Waals surface area contributed by atoms with Crippen LogP contribution in [0.15, 0.2) is 358 Å². The Labute approximate surface area is 840 Å². The van der Waals surface area contributed by atoms with Crippen molar-refractivity contribution in [3.05, 3.63) is 358 Å². The highest BCUT2D eigenvalue weighted by Crippen LogP contribution is 2.28. The summed E-state index contributed by atoms with van der Waals surface area (Å²) >= 11 is 0. The lowest BCUT2D eigenvalue weighted by Gasteiger charge is -2.33. The van der Waals surface area contributed by atoms with Crippen LogP contribution in [0.4, 0.5) is 0 Å². The fourth-order valence-electron chi connectivity index (χ4n) is 19.4. The predicted molar refractivity (Wildman–Crippen MR) is 658 cm³/mol. The zero-order valence-corrected chi connectivity index (χ0v) is 105. The largest absolute Gasteiger partial charge is 0.112 e. The van der Waals surface area contributed by atoms with Crippen molar-refractivity contribution >= 4 is 212 Å². The van der Waals surface area contributed by atoms with Gasteiger partial charge in [-0.05, 0) is 0 Å². The molecule has 1 unspecified atom stereocenters. The Morgan fingerprint density at radius 1 is 0.141 bits per heavy atom. The maximum absolute atomic E-state index is 2.62. The van der Waals surface area contributed by atoms with Gasteiger partial charge in [0.15, 0.2) is 0 Å². The molecule has 0 saturated heterocycles. The first-order chi connectivity index (χ1) is 63.1. The molecule has 0 aromatic heterocycles. The Morgan fingerprint density at radius 2 is 0.333 bits per heavy atom. The minimum atomic E-state index is -1.71. The maximum atomic E-state index is 2.62. The normalized spacial score (nSPS) is 13.0. The number of hydrogen-bond donors (Lipinski definition) is 0. The molecule has 0 aliphatic rings. The van der Waals surface area contributed by atoms with Gasteiger partial charge in [0.05, 0.1) is 56.5 Å². The van der Waals surface area contributed by atoms with Crippen molar-refractivity contribution in [2.24, 2.45) is 0 Å². The van der Waals surface area contributed by atoms with Gasteiger partial charge in [0.2, 0.25) is 0 Å². The SMILES string of the molecule is CCC[Si](C)(C)CC[Si](C)(C)c1ccc([Si](C)(C)C)cc1.CCC[Si](C)(C)c1ccc([Si](C)(C)C)cc1.CCC[Si](C)(CC[Si](C)(C)c1ccc([Si](C)(C)C)cc1)c1ccccc1.C[Si](C)(c1ccccc1)c1ccc([Si](C)(C)c2ccccc2)cc1.C[Si](C)(c1ccccc1)c1cccc([Si](C)(C)c2ccccc2)c1.C[Si](C)(c1ccccc1)c1ccccc1[Si](C)(C)c1ccccc1. The summed E-state index contributed by atoms with van der Waals surface area (Å²) in [7, 11) is -19.5. The van der Waals surface area contributed by atoms with Gasteiger partial charge in [0.1, 0.15) is 48.4 Å². The Hall–Kier alpha value is -7.10. The second-order valence-electron chi connectivity index (χ2n) is 48.1. The molecule has 135 heavy (non-hydrogen) atoms. The molecule has 0 N–H and O–H groups in total. The van der Waals surface area contributed by atoms with E-state index in [1.54, 1.807) is 46.7 Å². The molecule has 13 aromatic rings. The molecule has 1 atom stereocenters. The first kappa shape index (κ1) is 113. The van der Waals surface area contributed by atoms with Crippen LogP contribution in [-0.4, -0.2) is 113 Å². The van der Waals surface area contributed by atoms with Crippen LogP contribution >= 0.6 is 0 Å². The van der Waals surface area contributed by atoms with Crippen LogP contribution in [0.2, 0.25) is 239 Å². The molecule has 13 rings (SSSR count). The summed E-state index contributed by atoms with van der Waals surface area (Å²) in [5.41, 5.74) is 0. The monoisotopic (exact) mass is 2020 g/mol. The summed E-state index contributed by atoms with van der Waals surface area (Å²) in [4.78, 5) is 0. The number of hydrogen-bond acceptors (Lipinski definition) is 0. The number of rotatable bonds is 31. The van der Waals surface area contributed by atoms with Gasteiger partial charge in [0.25, 0.3) is 0 Å². The first-order valence-electron chi connectivity index (χ1n) is 51.2. The van der Waals surface area contributed by atoms with Crippen LogP contribution in [-0.2, 0) is 0 Å². The zero-order valence-electron chi connectivity index (χ0n) is 90.6. The smallest absolute Gasteiger partial charge is 0.0694 e. The zero-order chi connectivity index (χ0) is 99.8. The van der Waals surface area contributed by atoms with E-state index < -0.39 is 113 Å². The summed E-state index contributed by atoms with van der Waals surface area (Å²) < 4.78 is 0. The van der Waals surface area contributed by atoms with Crippen LogP contribution in [0.1, 0.15) is 40.0 Å². The van der Waals surface area contributed by atoms with E-state index in [0.29, 0.717) is 0 Å². The lowest BCUT2D eigenvalue weighted by Crippen LogP contribution is -2.66. The van der Waals surface area contributed by atoms with E-state index >= 15 is 0 Å². The van der Waals surface area contributed by atoms with E-state index in [1.165, 1.54) is 113 Å². The van der Waals surface area contributed by atoms with Gasteiger partial charge in [0, 0.05) is 8.07 Å². The third kappa shape index (κ3) is 31.7. The summed E-state index contributed by atoms with van der Waals surface area (Å²) in [6, 6.07) is 145. The molecule has 0 saturated carbocycles. The standard InChI is InChI=1S/C23H38Si3.3C22H26Si2.C18H36Si3.C14H26Si2/c1-8-18-26(7,23-12-10-9-11-13-23)20-19-25(5,6)22-16-14-21(15-17-22)24(2,3)4;1-23(2,19-13-7-5-8-14-19)21-17-11-12-18-22(21)24(3,4)20-15-9-6-10-16-20;1-23(2,19-12-7-5-8-13-19)21-16-11-17-22(18-21)24(3,4)20-14-9-6-10-15-20;1-23(2,19-11-7-5-8-12-19)21-15-17-22(18-16-21)24(3,4)20-13-9-6-10-14-20;1-9-14-20(5,6)15-16-21(7,8)18-12-10-17(11-13-18)19(2,3)4;1-7-12-16(5,6)14-10-8-13(9-11-14)15(2,3)4/h9-17H,8,18-20H2,1-7H3;3*5-18H,1-4H3;10-13H,9,14-16H2,1-8H3;8-11H,7,12H2,1-6H3. The Kier molecular flexibility index (Phi) is 41.0. The third-order valence-electron chi connectivity index (χ3n) is 30.3. The Morgan fingerprint density at radius 3 is 0.585 bits per heavy atom. The van der Waals surface area contributed by atoms with Gasteiger partial charge in [-0.15, -0.1) is 0 Å². The van der Waals surface area contributed by atoms with Crippen molar-refractivity contribution in [3.8, 4) is 0 Å². The quantitative estimate of drug-likeness (QED) is 0.0380. The Bertz CT molecular complexity index is 5450. The average molecular weight is 2030 g/mol. The van der Waals surface area contributed by atoms with E-state index in [0.717, 1.165) is 0 Å². The van der Waals surface area contributed by atoms with Crippen molar-refractivity contribution in [1.82, 2.24) is 0 Å². The molecule has 14 heteroatoms. The van der Waals surface area contributed by atoms with E-state index in [-0.39, 0.29) is 0 Å². The molecule has 0 radical (unpaired) electrons. The van der Waals surface area contributed by atoms with Gasteiger partial charge in [-0.1, -0.05) is 735 Å². The molecule has 0 aliphatic carbocycles. The van der Waals surface area contributed by atoms with Crippen molar-refractivity contribution in [2.75, 3.05) is 0 Å². The highest BCUT2D eigenvalue weighted by atomic mass is 28.4. The van der Waals surface area contributed by atoms with E-state index in [2.05, 4.69) is 575 Å². The van der Waals surface area contributed by atoms with Crippen LogP contribution in [0.3, 0.4) is 0 Å². The van der Waals surface area contributed by atoms with Crippen molar-refractivity contribution in [2.45, 2.75) is 279 Å². The molecule has 0 nitrogen and oxygen atoms in total. The molecular weight excluding hydrogens is 1850 g/mol. The molecule has 0 heterocycles. The summed E-state index contributed by atoms with van der Waals surface area (Å²) in [5, 5.41) is 29.6. The van der Waals surface area contributed by atoms with Gasteiger partial charge >= 0.3 is 0 Å². The summed E-state index contributed by atoms with van der Waals surface area (Å²) in [6.45, 7) is 81.4. The van der Waals surface area contributed by atoms with Crippen LogP contribution in [0.5, 0.6) is 0 Å². The van der Waals surface area contributed by atoms with Crippen LogP contribution in [0.25, 0.3) is 0 Å². The second kappa shape index (κ2) is 48.9. The molecule has 0 bridgehead atoms. The number of benzene rings is 13. The van der Waals surface area contributed by atoms with E-state index in [4.69, 9.17) is 0 Å². The van der Waals surface area contributed by atoms with Gasteiger partial charge in [-0.25, -0.2) is 0 Å². The summed E-state index contributed by atoms with van der Waals surface area (Å²) in [5.74, 6) is 0.